The number of nitrogens with zero attached hydrogens (tertiary/aromatic N) is 4. The Labute approximate surface area is 229 Å². The van der Waals surface area contributed by atoms with E-state index in [1.165, 1.54) is 0 Å². The predicted molar refractivity (Wildman–Crippen MR) is 153 cm³/mol. The van der Waals surface area contributed by atoms with Gasteiger partial charge in [0.25, 0.3) is 10.0 Å². The molecular weight excluding hydrogens is 506 g/mol. The number of sulfonamides is 1. The van der Waals surface area contributed by atoms with Crippen LogP contribution in [-0.2, 0) is 29.7 Å². The van der Waals surface area contributed by atoms with Gasteiger partial charge in [-0.05, 0) is 61.5 Å². The summed E-state index contributed by atoms with van der Waals surface area (Å²) in [5.74, 6) is 0. The maximum absolute atomic E-state index is 13.1. The molecule has 5 aromatic rings. The van der Waals surface area contributed by atoms with Crippen LogP contribution in [0.15, 0.2) is 120 Å². The summed E-state index contributed by atoms with van der Waals surface area (Å²) >= 11 is 0. The number of para-hydroxylation sites is 1. The predicted octanol–water partition coefficient (Wildman–Crippen LogP) is 5.85. The molecule has 0 amide bonds. The van der Waals surface area contributed by atoms with Gasteiger partial charge in [0.2, 0.25) is 0 Å². The molecule has 7 nitrogen and oxygen atoms in total. The fourth-order valence-corrected chi connectivity index (χ4v) is 5.35. The van der Waals surface area contributed by atoms with Gasteiger partial charge in [0, 0.05) is 37.6 Å². The summed E-state index contributed by atoms with van der Waals surface area (Å²) in [7, 11) is -3.76. The molecule has 8 heteroatoms. The third-order valence-electron chi connectivity index (χ3n) is 6.19. The lowest BCUT2D eigenvalue weighted by molar-refractivity contribution is 0.239. The Hall–Kier alpha value is -4.40. The first kappa shape index (κ1) is 26.2. The van der Waals surface area contributed by atoms with Crippen molar-refractivity contribution in [3.63, 3.8) is 0 Å². The normalized spacial score (nSPS) is 11.4. The van der Waals surface area contributed by atoms with Crippen molar-refractivity contribution in [1.82, 2.24) is 19.9 Å². The highest BCUT2D eigenvalue weighted by Gasteiger charge is 2.17. The zero-order valence-corrected chi connectivity index (χ0v) is 22.4. The minimum Gasteiger partial charge on any atom is -0.286 e. The second kappa shape index (κ2) is 12.0. The first-order valence-corrected chi connectivity index (χ1v) is 14.1. The summed E-state index contributed by atoms with van der Waals surface area (Å²) in [6.07, 6.45) is 3.59. The van der Waals surface area contributed by atoms with Crippen molar-refractivity contribution >= 4 is 15.7 Å². The minimum absolute atomic E-state index is 0.212. The summed E-state index contributed by atoms with van der Waals surface area (Å²) in [5.41, 5.74) is 5.63. The van der Waals surface area contributed by atoms with Crippen LogP contribution in [0.1, 0.15) is 22.6 Å². The van der Waals surface area contributed by atoms with E-state index in [0.29, 0.717) is 36.6 Å². The zero-order chi connectivity index (χ0) is 27.1. The molecule has 0 radical (unpaired) electrons. The number of hydrogen-bond donors (Lipinski definition) is 1. The van der Waals surface area contributed by atoms with Crippen molar-refractivity contribution in [2.75, 3.05) is 4.72 Å². The lowest BCUT2D eigenvalue weighted by atomic mass is 10.1. The molecule has 0 aliphatic rings. The van der Waals surface area contributed by atoms with Crippen LogP contribution in [0.3, 0.4) is 0 Å². The van der Waals surface area contributed by atoms with Crippen LogP contribution < -0.4 is 4.72 Å². The number of anilines is 1. The lowest BCUT2D eigenvalue weighted by Gasteiger charge is -2.22. The Kier molecular flexibility index (Phi) is 8.05. The fraction of sp³-hybridized carbons (Fsp3) is 0.129. The topological polar surface area (TPSA) is 88.1 Å². The average Bonchev–Trinajstić information content (AvgIpc) is 2.95. The Bertz CT molecular complexity index is 1590. The molecule has 0 unspecified atom stereocenters. The third-order valence-corrected chi connectivity index (χ3v) is 7.58. The Balaban J connectivity index is 1.41. The zero-order valence-electron chi connectivity index (χ0n) is 21.6. The Morgan fingerprint density at radius 2 is 1.26 bits per heavy atom. The van der Waals surface area contributed by atoms with Crippen LogP contribution in [0.5, 0.6) is 0 Å². The maximum atomic E-state index is 13.1. The minimum atomic E-state index is -3.76. The molecule has 5 rings (SSSR count). The highest BCUT2D eigenvalue weighted by atomic mass is 32.2. The van der Waals surface area contributed by atoms with E-state index in [4.69, 9.17) is 4.98 Å². The van der Waals surface area contributed by atoms with Gasteiger partial charge in [-0.3, -0.25) is 24.6 Å². The Morgan fingerprint density at radius 3 is 1.90 bits per heavy atom. The van der Waals surface area contributed by atoms with E-state index in [1.54, 1.807) is 42.7 Å². The van der Waals surface area contributed by atoms with Gasteiger partial charge in [-0.15, -0.1) is 0 Å². The molecule has 0 saturated carbocycles. The highest BCUT2D eigenvalue weighted by molar-refractivity contribution is 7.92. The van der Waals surface area contributed by atoms with Gasteiger partial charge in [0.05, 0.1) is 33.4 Å². The number of benzene rings is 2. The molecule has 1 N–H and O–H groups in total. The van der Waals surface area contributed by atoms with Crippen LogP contribution in [0.25, 0.3) is 11.3 Å². The maximum Gasteiger partial charge on any atom is 0.261 e. The van der Waals surface area contributed by atoms with Gasteiger partial charge in [0.15, 0.2) is 0 Å². The van der Waals surface area contributed by atoms with Crippen molar-refractivity contribution in [2.24, 2.45) is 0 Å². The number of aryl methyl sites for hydroxylation is 1. The van der Waals surface area contributed by atoms with Gasteiger partial charge < -0.3 is 0 Å². The van der Waals surface area contributed by atoms with Gasteiger partial charge in [0.1, 0.15) is 0 Å². The van der Waals surface area contributed by atoms with E-state index in [2.05, 4.69) is 19.6 Å². The summed E-state index contributed by atoms with van der Waals surface area (Å²) in [5, 5.41) is 0. The van der Waals surface area contributed by atoms with Crippen molar-refractivity contribution < 1.29 is 8.42 Å². The van der Waals surface area contributed by atoms with Crippen LogP contribution in [0.2, 0.25) is 0 Å². The Morgan fingerprint density at radius 1 is 0.667 bits per heavy atom. The largest absolute Gasteiger partial charge is 0.286 e. The van der Waals surface area contributed by atoms with Crippen molar-refractivity contribution in [1.29, 1.82) is 0 Å². The van der Waals surface area contributed by atoms with Crippen LogP contribution in [0.4, 0.5) is 5.69 Å². The number of rotatable bonds is 10. The molecule has 0 spiro atoms. The van der Waals surface area contributed by atoms with Crippen molar-refractivity contribution in [2.45, 2.75) is 31.5 Å². The summed E-state index contributed by atoms with van der Waals surface area (Å²) in [6.45, 7) is 3.76. The highest BCUT2D eigenvalue weighted by Crippen LogP contribution is 2.29. The van der Waals surface area contributed by atoms with Crippen molar-refractivity contribution in [3.05, 3.63) is 138 Å². The third kappa shape index (κ3) is 6.93. The smallest absolute Gasteiger partial charge is 0.261 e. The molecule has 0 saturated heterocycles. The number of aromatic nitrogens is 3. The standard InChI is InChI=1S/C31H29N5O2S/c1-24-15-17-28(18-16-24)39(37,38)35-31-13-3-2-12-29(31)30-14-8-11-27(34-30)23-36(21-25-9-4-6-19-32-25)22-26-10-5-7-20-33-26/h2-20,35H,21-23H2,1H3. The molecule has 0 aliphatic heterocycles. The second-order valence-electron chi connectivity index (χ2n) is 9.27. The molecule has 0 atom stereocenters. The van der Waals surface area contributed by atoms with Crippen LogP contribution in [-0.4, -0.2) is 28.3 Å². The van der Waals surface area contributed by atoms with E-state index in [1.807, 2.05) is 79.7 Å². The first-order valence-electron chi connectivity index (χ1n) is 12.6. The van der Waals surface area contributed by atoms with E-state index in [9.17, 15) is 8.42 Å². The average molecular weight is 536 g/mol. The molecule has 196 valence electrons. The van der Waals surface area contributed by atoms with E-state index in [0.717, 1.165) is 22.6 Å². The molecule has 0 bridgehead atoms. The van der Waals surface area contributed by atoms with Crippen molar-refractivity contribution in [3.8, 4) is 11.3 Å². The van der Waals surface area contributed by atoms with E-state index in [-0.39, 0.29) is 4.90 Å². The summed E-state index contributed by atoms with van der Waals surface area (Å²) in [6, 6.07) is 31.7. The molecule has 2 aromatic carbocycles. The SMILES string of the molecule is Cc1ccc(S(=O)(=O)Nc2ccccc2-c2cccc(CN(Cc3ccccn3)Cc3ccccn3)n2)cc1. The molecule has 39 heavy (non-hydrogen) atoms. The first-order chi connectivity index (χ1) is 19.0. The number of pyridine rings is 3. The van der Waals surface area contributed by atoms with Gasteiger partial charge >= 0.3 is 0 Å². The molecular formula is C31H29N5O2S. The van der Waals surface area contributed by atoms with Gasteiger partial charge in [-0.25, -0.2) is 8.42 Å². The van der Waals surface area contributed by atoms with Crippen LogP contribution >= 0.6 is 0 Å². The van der Waals surface area contributed by atoms with E-state index < -0.39 is 10.0 Å². The molecule has 0 aliphatic carbocycles. The molecule has 3 heterocycles. The molecule has 0 fully saturated rings. The monoisotopic (exact) mass is 535 g/mol. The van der Waals surface area contributed by atoms with Gasteiger partial charge in [-0.2, -0.15) is 0 Å². The number of nitrogens with one attached hydrogen (secondary N) is 1. The van der Waals surface area contributed by atoms with Gasteiger partial charge in [-0.1, -0.05) is 54.1 Å². The van der Waals surface area contributed by atoms with E-state index >= 15 is 0 Å². The summed E-state index contributed by atoms with van der Waals surface area (Å²) < 4.78 is 29.0. The van der Waals surface area contributed by atoms with Crippen LogP contribution in [0, 0.1) is 6.92 Å². The lowest BCUT2D eigenvalue weighted by Crippen LogP contribution is -2.24. The molecule has 3 aromatic heterocycles. The number of hydrogen-bond acceptors (Lipinski definition) is 6. The quantitative estimate of drug-likeness (QED) is 0.241. The summed E-state index contributed by atoms with van der Waals surface area (Å²) in [4.78, 5) is 16.4. The fourth-order valence-electron chi connectivity index (χ4n) is 4.27. The second-order valence-corrected chi connectivity index (χ2v) is 10.9.